The van der Waals surface area contributed by atoms with Gasteiger partial charge in [-0.3, -0.25) is 19.5 Å². The summed E-state index contributed by atoms with van der Waals surface area (Å²) in [5, 5.41) is 22.0. The number of phenols is 1. The summed E-state index contributed by atoms with van der Waals surface area (Å²) in [6.07, 6.45) is 3.00. The molecule has 1 aliphatic heterocycles. The van der Waals surface area contributed by atoms with Crippen molar-refractivity contribution in [3.05, 3.63) is 82.6 Å². The number of phenolic OH excluding ortho intramolecular Hbond substituents is 1. The summed E-state index contributed by atoms with van der Waals surface area (Å²) in [6, 6.07) is 11.0. The van der Waals surface area contributed by atoms with Gasteiger partial charge in [-0.05, 0) is 54.1 Å². The van der Waals surface area contributed by atoms with Crippen molar-refractivity contribution in [1.29, 1.82) is 0 Å². The number of aromatic hydroxyl groups is 1. The zero-order chi connectivity index (χ0) is 23.7. The Hall–Kier alpha value is -4.04. The molecule has 2 aromatic carbocycles. The molecular formula is C24H19ClN2O6. The van der Waals surface area contributed by atoms with Crippen molar-refractivity contribution in [3.8, 4) is 17.2 Å². The molecule has 9 heteroatoms. The van der Waals surface area contributed by atoms with Crippen molar-refractivity contribution in [3.63, 3.8) is 0 Å². The molecule has 168 valence electrons. The smallest absolute Gasteiger partial charge is 0.300 e. The van der Waals surface area contributed by atoms with Crippen molar-refractivity contribution in [2.45, 2.75) is 6.04 Å². The number of Topliss-reactive ketones (excluding diaryl/α,β-unsaturated/α-hetero) is 1. The first-order valence-electron chi connectivity index (χ1n) is 9.79. The van der Waals surface area contributed by atoms with Gasteiger partial charge in [-0.25, -0.2) is 0 Å². The van der Waals surface area contributed by atoms with Crippen LogP contribution in [-0.4, -0.2) is 41.1 Å². The van der Waals surface area contributed by atoms with E-state index in [1.165, 1.54) is 50.9 Å². The number of carbonyl (C=O) groups excluding carboxylic acids is 2. The van der Waals surface area contributed by atoms with Gasteiger partial charge < -0.3 is 19.7 Å². The van der Waals surface area contributed by atoms with Crippen LogP contribution in [0.3, 0.4) is 0 Å². The number of rotatable bonds is 5. The maximum absolute atomic E-state index is 13.2. The molecule has 1 amide bonds. The summed E-state index contributed by atoms with van der Waals surface area (Å²) >= 11 is 6.11. The second kappa shape index (κ2) is 8.84. The number of carbonyl (C=O) groups is 2. The molecule has 1 fully saturated rings. The Bertz CT molecular complexity index is 1280. The van der Waals surface area contributed by atoms with Gasteiger partial charge in [0.15, 0.2) is 0 Å². The molecule has 33 heavy (non-hydrogen) atoms. The summed E-state index contributed by atoms with van der Waals surface area (Å²) in [5.41, 5.74) is 0.511. The van der Waals surface area contributed by atoms with Gasteiger partial charge in [0, 0.05) is 17.4 Å². The van der Waals surface area contributed by atoms with Gasteiger partial charge >= 0.3 is 0 Å². The van der Waals surface area contributed by atoms with E-state index in [0.29, 0.717) is 11.3 Å². The van der Waals surface area contributed by atoms with E-state index in [1.807, 2.05) is 0 Å². The van der Waals surface area contributed by atoms with E-state index >= 15 is 0 Å². The van der Waals surface area contributed by atoms with Gasteiger partial charge in [-0.15, -0.1) is 0 Å². The fourth-order valence-electron chi connectivity index (χ4n) is 3.78. The lowest BCUT2D eigenvalue weighted by atomic mass is 9.95. The van der Waals surface area contributed by atoms with Crippen LogP contribution in [0.1, 0.15) is 17.2 Å². The predicted molar refractivity (Wildman–Crippen MR) is 122 cm³/mol. The van der Waals surface area contributed by atoms with Gasteiger partial charge in [0.1, 0.15) is 23.0 Å². The Morgan fingerprint density at radius 2 is 1.76 bits per heavy atom. The van der Waals surface area contributed by atoms with E-state index in [4.69, 9.17) is 21.1 Å². The zero-order valence-corrected chi connectivity index (χ0v) is 18.4. The zero-order valence-electron chi connectivity index (χ0n) is 17.7. The van der Waals surface area contributed by atoms with Crippen molar-refractivity contribution in [2.75, 3.05) is 19.1 Å². The van der Waals surface area contributed by atoms with Crippen LogP contribution in [0.5, 0.6) is 17.2 Å². The number of methoxy groups -OCH3 is 2. The van der Waals surface area contributed by atoms with Crippen LogP contribution in [0, 0.1) is 0 Å². The highest BCUT2D eigenvalue weighted by atomic mass is 35.5. The number of aliphatic hydroxyl groups excluding tert-OH is 1. The summed E-state index contributed by atoms with van der Waals surface area (Å²) in [4.78, 5) is 31.5. The average Bonchev–Trinajstić information content (AvgIpc) is 3.10. The molecule has 4 rings (SSSR count). The number of ketones is 1. The van der Waals surface area contributed by atoms with Crippen molar-refractivity contribution in [2.24, 2.45) is 0 Å². The van der Waals surface area contributed by atoms with E-state index in [9.17, 15) is 19.8 Å². The van der Waals surface area contributed by atoms with Gasteiger partial charge in [0.2, 0.25) is 0 Å². The lowest BCUT2D eigenvalue weighted by Crippen LogP contribution is -2.29. The molecule has 0 bridgehead atoms. The molecular weight excluding hydrogens is 448 g/mol. The quantitative estimate of drug-likeness (QED) is 0.331. The maximum Gasteiger partial charge on any atom is 0.300 e. The number of halogens is 1. The third kappa shape index (κ3) is 3.85. The Morgan fingerprint density at radius 3 is 2.42 bits per heavy atom. The summed E-state index contributed by atoms with van der Waals surface area (Å²) in [6.45, 7) is 0. The fourth-order valence-corrected chi connectivity index (χ4v) is 3.94. The minimum Gasteiger partial charge on any atom is -0.507 e. The molecule has 0 saturated carbocycles. The Balaban J connectivity index is 2.01. The van der Waals surface area contributed by atoms with Crippen molar-refractivity contribution in [1.82, 2.24) is 4.98 Å². The van der Waals surface area contributed by atoms with Gasteiger partial charge in [0.25, 0.3) is 11.7 Å². The molecule has 3 aromatic rings. The Kier molecular flexibility index (Phi) is 5.93. The molecule has 1 unspecified atom stereocenters. The Morgan fingerprint density at radius 1 is 1.03 bits per heavy atom. The van der Waals surface area contributed by atoms with Gasteiger partial charge in [-0.2, -0.15) is 0 Å². The number of aliphatic hydroxyl groups is 1. The monoisotopic (exact) mass is 466 g/mol. The number of benzene rings is 2. The minimum atomic E-state index is -1.06. The lowest BCUT2D eigenvalue weighted by molar-refractivity contribution is -0.132. The highest BCUT2D eigenvalue weighted by Crippen LogP contribution is 2.46. The van der Waals surface area contributed by atoms with Gasteiger partial charge in [0.05, 0.1) is 37.1 Å². The standard InChI is InChI=1S/C24H19ClN2O6/c1-32-15-4-6-19(33-2)16(12-15)22(29)20-21(13-7-9-26-10-8-13)27(24(31)23(20)30)17-11-14(25)3-5-18(17)28/h3-12,21,28-29H,1-2H3/b22-20+. The van der Waals surface area contributed by atoms with E-state index < -0.39 is 23.5 Å². The first-order chi connectivity index (χ1) is 15.9. The maximum atomic E-state index is 13.2. The van der Waals surface area contributed by atoms with Gasteiger partial charge in [-0.1, -0.05) is 11.6 Å². The van der Waals surface area contributed by atoms with Crippen LogP contribution in [0.2, 0.25) is 5.02 Å². The molecule has 0 aliphatic carbocycles. The number of hydrogen-bond acceptors (Lipinski definition) is 7. The first-order valence-corrected chi connectivity index (χ1v) is 10.2. The molecule has 1 saturated heterocycles. The number of pyridine rings is 1. The van der Waals surface area contributed by atoms with Crippen LogP contribution in [0.15, 0.2) is 66.5 Å². The molecule has 0 radical (unpaired) electrons. The van der Waals surface area contributed by atoms with Crippen LogP contribution >= 0.6 is 11.6 Å². The summed E-state index contributed by atoms with van der Waals surface area (Å²) in [7, 11) is 2.88. The van der Waals surface area contributed by atoms with Crippen LogP contribution in [0.25, 0.3) is 5.76 Å². The largest absolute Gasteiger partial charge is 0.507 e. The molecule has 2 N–H and O–H groups in total. The molecule has 1 aliphatic rings. The van der Waals surface area contributed by atoms with E-state index in [0.717, 1.165) is 4.90 Å². The SMILES string of the molecule is COc1ccc(OC)c(/C(O)=C2\C(=O)C(=O)N(c3cc(Cl)ccc3O)C2c2ccncc2)c1. The third-order valence-electron chi connectivity index (χ3n) is 5.33. The number of hydrogen-bond donors (Lipinski definition) is 2. The van der Waals surface area contributed by atoms with Crippen LogP contribution < -0.4 is 14.4 Å². The minimum absolute atomic E-state index is 0.0306. The number of aromatic nitrogens is 1. The highest BCUT2D eigenvalue weighted by molar-refractivity contribution is 6.52. The third-order valence-corrected chi connectivity index (χ3v) is 5.56. The number of nitrogens with zero attached hydrogens (tertiary/aromatic N) is 2. The predicted octanol–water partition coefficient (Wildman–Crippen LogP) is 4.08. The number of amides is 1. The molecule has 2 heterocycles. The number of anilines is 1. The molecule has 1 atom stereocenters. The second-order valence-electron chi connectivity index (χ2n) is 7.15. The number of ether oxygens (including phenoxy) is 2. The fraction of sp³-hybridized carbons (Fsp3) is 0.125. The van der Waals surface area contributed by atoms with E-state index in [1.54, 1.807) is 24.3 Å². The molecule has 0 spiro atoms. The Labute approximate surface area is 194 Å². The van der Waals surface area contributed by atoms with E-state index in [-0.39, 0.29) is 33.3 Å². The van der Waals surface area contributed by atoms with Crippen molar-refractivity contribution >= 4 is 34.7 Å². The van der Waals surface area contributed by atoms with E-state index in [2.05, 4.69) is 4.98 Å². The van der Waals surface area contributed by atoms with Crippen LogP contribution in [-0.2, 0) is 9.59 Å². The topological polar surface area (TPSA) is 109 Å². The normalized spacial score (nSPS) is 17.3. The second-order valence-corrected chi connectivity index (χ2v) is 7.59. The highest BCUT2D eigenvalue weighted by Gasteiger charge is 2.48. The summed E-state index contributed by atoms with van der Waals surface area (Å²) in [5.74, 6) is -1.87. The molecule has 8 nitrogen and oxygen atoms in total. The van der Waals surface area contributed by atoms with Crippen LogP contribution in [0.4, 0.5) is 5.69 Å². The van der Waals surface area contributed by atoms with Crippen molar-refractivity contribution < 1.29 is 29.3 Å². The average molecular weight is 467 g/mol. The first kappa shape index (κ1) is 22.2. The summed E-state index contributed by atoms with van der Waals surface area (Å²) < 4.78 is 10.6. The molecule has 1 aromatic heterocycles. The lowest BCUT2D eigenvalue weighted by Gasteiger charge is -2.26.